The van der Waals surface area contributed by atoms with Crippen LogP contribution in [0.1, 0.15) is 21.6 Å². The van der Waals surface area contributed by atoms with E-state index in [0.29, 0.717) is 22.4 Å². The minimum Gasteiger partial charge on any atom is -0.497 e. The fourth-order valence-corrected chi connectivity index (χ4v) is 3.68. The van der Waals surface area contributed by atoms with Crippen molar-refractivity contribution in [3.8, 4) is 5.75 Å². The summed E-state index contributed by atoms with van der Waals surface area (Å²) in [6.07, 6.45) is 1.50. The van der Waals surface area contributed by atoms with E-state index in [9.17, 15) is 14.0 Å². The van der Waals surface area contributed by atoms with Crippen molar-refractivity contribution in [1.82, 2.24) is 25.1 Å². The number of nitrogens with zero attached hydrogens (tertiary/aromatic N) is 4. The average Bonchev–Trinajstić information content (AvgIpc) is 3.20. The van der Waals surface area contributed by atoms with Crippen LogP contribution in [0.15, 0.2) is 48.8 Å². The van der Waals surface area contributed by atoms with E-state index in [4.69, 9.17) is 39.7 Å². The van der Waals surface area contributed by atoms with Gasteiger partial charge < -0.3 is 10.1 Å². The molecule has 188 valence electrons. The molecule has 36 heavy (non-hydrogen) atoms. The van der Waals surface area contributed by atoms with E-state index in [2.05, 4.69) is 25.2 Å². The van der Waals surface area contributed by atoms with Crippen molar-refractivity contribution in [2.45, 2.75) is 13.0 Å². The van der Waals surface area contributed by atoms with Gasteiger partial charge in [-0.15, -0.1) is 0 Å². The van der Waals surface area contributed by atoms with E-state index >= 15 is 0 Å². The smallest absolute Gasteiger partial charge is 0.272 e. The third-order valence-electron chi connectivity index (χ3n) is 4.84. The first kappa shape index (κ1) is 27.1. The zero-order valence-electron chi connectivity index (χ0n) is 19.1. The van der Waals surface area contributed by atoms with Gasteiger partial charge in [0.15, 0.2) is 11.5 Å². The highest BCUT2D eigenvalue weighted by Crippen LogP contribution is 2.22. The predicted molar refractivity (Wildman–Crippen MR) is 136 cm³/mol. The number of fused-ring (bicyclic) bond motifs is 1. The Hall–Kier alpha value is -3.47. The first-order valence-electron chi connectivity index (χ1n) is 10.3. The number of ether oxygens (including phenoxy) is 1. The molecule has 0 bridgehead atoms. The summed E-state index contributed by atoms with van der Waals surface area (Å²) in [6, 6.07) is 11.5. The van der Waals surface area contributed by atoms with Crippen LogP contribution in [-0.4, -0.2) is 38.0 Å². The Morgan fingerprint density at radius 3 is 2.58 bits per heavy atom. The molecule has 0 aliphatic rings. The number of benzene rings is 2. The molecule has 0 aliphatic carbocycles. The molecule has 0 spiro atoms. The maximum atomic E-state index is 13.2. The van der Waals surface area contributed by atoms with E-state index in [0.717, 1.165) is 11.3 Å². The molecule has 2 aromatic carbocycles. The highest BCUT2D eigenvalue weighted by molar-refractivity contribution is 6.63. The molecule has 0 fully saturated rings. The molecule has 1 amide bonds. The lowest BCUT2D eigenvalue weighted by Crippen LogP contribution is -2.24. The fraction of sp³-hybridized carbons (Fsp3) is 0.174. The summed E-state index contributed by atoms with van der Waals surface area (Å²) in [6.45, 7) is 0.169. The van der Waals surface area contributed by atoms with Gasteiger partial charge in [0.2, 0.25) is 5.24 Å². The minimum atomic E-state index is -0.514. The van der Waals surface area contributed by atoms with Crippen molar-refractivity contribution in [3.63, 3.8) is 0 Å². The summed E-state index contributed by atoms with van der Waals surface area (Å²) >= 11 is 16.5. The summed E-state index contributed by atoms with van der Waals surface area (Å²) in [4.78, 5) is 33.5. The third-order valence-corrected chi connectivity index (χ3v) is 5.44. The molecular formula is C23H20Cl3FN6O3. The van der Waals surface area contributed by atoms with Crippen molar-refractivity contribution in [1.29, 1.82) is 0 Å². The fourth-order valence-electron chi connectivity index (χ4n) is 3.19. The van der Waals surface area contributed by atoms with Gasteiger partial charge in [-0.3, -0.25) is 19.1 Å². The summed E-state index contributed by atoms with van der Waals surface area (Å²) in [5.41, 5.74) is 2.55. The number of carbonyl (C=O) groups excluding carboxylic acids is 2. The van der Waals surface area contributed by atoms with Gasteiger partial charge in [-0.05, 0) is 47.0 Å². The zero-order valence-corrected chi connectivity index (χ0v) is 21.3. The molecule has 0 aliphatic heterocycles. The SMILES string of the molecule is COc1cccc(CC(=O)Cl)c1.Cn1nc(NCl)c2ncnc(C(=O)NCc3ccc(F)c(Cl)c3)c21. The number of hydrogen-bond donors (Lipinski definition) is 2. The van der Waals surface area contributed by atoms with Crippen LogP contribution in [0.25, 0.3) is 11.0 Å². The van der Waals surface area contributed by atoms with Crippen LogP contribution < -0.4 is 14.9 Å². The van der Waals surface area contributed by atoms with Crippen molar-refractivity contribution in [2.24, 2.45) is 7.05 Å². The molecule has 0 saturated carbocycles. The number of rotatable bonds is 7. The predicted octanol–water partition coefficient (Wildman–Crippen LogP) is 4.65. The third kappa shape index (κ3) is 6.81. The lowest BCUT2D eigenvalue weighted by molar-refractivity contribution is -0.111. The highest BCUT2D eigenvalue weighted by atomic mass is 35.5. The van der Waals surface area contributed by atoms with E-state index in [-0.39, 0.29) is 28.9 Å². The maximum Gasteiger partial charge on any atom is 0.272 e. The van der Waals surface area contributed by atoms with Gasteiger partial charge in [0.1, 0.15) is 28.9 Å². The molecule has 0 saturated heterocycles. The monoisotopic (exact) mass is 552 g/mol. The molecule has 2 aromatic heterocycles. The minimum absolute atomic E-state index is 0.00404. The van der Waals surface area contributed by atoms with E-state index in [1.54, 1.807) is 20.2 Å². The number of nitrogens with one attached hydrogen (secondary N) is 2. The maximum absolute atomic E-state index is 13.2. The molecule has 2 N–H and O–H groups in total. The number of amides is 1. The Balaban J connectivity index is 0.000000253. The molecule has 0 radical (unpaired) electrons. The first-order chi connectivity index (χ1) is 17.2. The Kier molecular flexibility index (Phi) is 9.40. The molecule has 4 aromatic rings. The van der Waals surface area contributed by atoms with Crippen LogP contribution in [0.5, 0.6) is 5.75 Å². The number of halogens is 4. The van der Waals surface area contributed by atoms with Crippen LogP contribution in [0.4, 0.5) is 10.2 Å². The van der Waals surface area contributed by atoms with Gasteiger partial charge >= 0.3 is 0 Å². The van der Waals surface area contributed by atoms with E-state index in [1.165, 1.54) is 29.2 Å². The van der Waals surface area contributed by atoms with E-state index in [1.807, 2.05) is 18.2 Å². The summed E-state index contributed by atoms with van der Waals surface area (Å²) in [5, 5.41) is 6.46. The largest absolute Gasteiger partial charge is 0.497 e. The number of aromatic nitrogens is 4. The van der Waals surface area contributed by atoms with Gasteiger partial charge in [0.25, 0.3) is 5.91 Å². The summed E-state index contributed by atoms with van der Waals surface area (Å²) in [7, 11) is 3.24. The Labute approximate surface area is 220 Å². The van der Waals surface area contributed by atoms with Gasteiger partial charge in [-0.25, -0.2) is 14.4 Å². The van der Waals surface area contributed by atoms with Crippen LogP contribution in [0, 0.1) is 5.82 Å². The van der Waals surface area contributed by atoms with Crippen molar-refractivity contribution < 1.29 is 18.7 Å². The van der Waals surface area contributed by atoms with Crippen LogP contribution in [0.2, 0.25) is 5.02 Å². The number of aryl methyl sites for hydroxylation is 1. The van der Waals surface area contributed by atoms with Gasteiger partial charge in [-0.1, -0.05) is 29.8 Å². The molecule has 9 nitrogen and oxygen atoms in total. The Bertz CT molecular complexity index is 1400. The van der Waals surface area contributed by atoms with Gasteiger partial charge in [0.05, 0.1) is 12.1 Å². The van der Waals surface area contributed by atoms with Crippen LogP contribution in [0.3, 0.4) is 0 Å². The second kappa shape index (κ2) is 12.5. The Morgan fingerprint density at radius 1 is 1.14 bits per heavy atom. The second-order valence-corrected chi connectivity index (χ2v) is 8.32. The average molecular weight is 554 g/mol. The quantitative estimate of drug-likeness (QED) is 0.253. The normalized spacial score (nSPS) is 10.4. The van der Waals surface area contributed by atoms with Gasteiger partial charge in [0, 0.05) is 31.8 Å². The van der Waals surface area contributed by atoms with Crippen molar-refractivity contribution in [3.05, 3.63) is 76.5 Å². The zero-order chi connectivity index (χ0) is 26.2. The molecular weight excluding hydrogens is 534 g/mol. The molecule has 0 atom stereocenters. The standard InChI is InChI=1S/C14H11Cl2FN6O.C9H9ClO2/c1-23-12-10(13(21-16)22-23)19-6-20-11(12)14(24)18-5-7-2-3-9(17)8(15)4-7;1-12-8-4-2-3-7(5-8)6-9(10)11/h2-4,6H,5H2,1H3,(H,18,24)(H,21,22);2-5H,6H2,1H3. The second-order valence-electron chi connectivity index (χ2n) is 7.30. The van der Waals surface area contributed by atoms with Gasteiger partial charge in [-0.2, -0.15) is 5.10 Å². The summed E-state index contributed by atoms with van der Waals surface area (Å²) in [5.74, 6) is 0.133. The number of hydrogen-bond acceptors (Lipinski definition) is 7. The van der Waals surface area contributed by atoms with Crippen molar-refractivity contribution >= 4 is 63.0 Å². The van der Waals surface area contributed by atoms with Crippen LogP contribution in [-0.2, 0) is 24.8 Å². The number of carbonyl (C=O) groups is 2. The summed E-state index contributed by atoms with van der Waals surface area (Å²) < 4.78 is 19.6. The van der Waals surface area contributed by atoms with Crippen LogP contribution >= 0.6 is 35.0 Å². The first-order valence-corrected chi connectivity index (χ1v) is 11.4. The Morgan fingerprint density at radius 2 is 1.92 bits per heavy atom. The highest BCUT2D eigenvalue weighted by Gasteiger charge is 2.19. The van der Waals surface area contributed by atoms with E-state index < -0.39 is 11.7 Å². The number of anilines is 1. The topological polar surface area (TPSA) is 111 Å². The van der Waals surface area contributed by atoms with Crippen molar-refractivity contribution in [2.75, 3.05) is 11.9 Å². The molecule has 0 unspecified atom stereocenters. The molecule has 4 rings (SSSR count). The lowest BCUT2D eigenvalue weighted by Gasteiger charge is -2.07. The molecule has 2 heterocycles. The number of methoxy groups -OCH3 is 1. The molecule has 13 heteroatoms. The lowest BCUT2D eigenvalue weighted by atomic mass is 10.1.